The summed E-state index contributed by atoms with van der Waals surface area (Å²) in [6.45, 7) is 11.9. The zero-order valence-corrected chi connectivity index (χ0v) is 17.0. The number of pyridine rings is 1. The molecule has 0 spiro atoms. The van der Waals surface area contributed by atoms with Gasteiger partial charge in [0.25, 0.3) is 0 Å². The molecule has 0 amide bonds. The smallest absolute Gasteiger partial charge is 0.178 e. The minimum atomic E-state index is -0.413. The average Bonchev–Trinajstić information content (AvgIpc) is 3.04. The standard InChI is InChI=1S/C21H27N5O2/c1-5-28-21(3,4)18-7-6-16(14-22-18)19-15(2)24-20-17(8-9-23-26(19)20)25-10-12-27-13-11-25/h6-9,14H,5,10-13H2,1-4H3. The van der Waals surface area contributed by atoms with E-state index in [1.807, 2.05) is 56.7 Å². The van der Waals surface area contributed by atoms with Crippen LogP contribution in [-0.4, -0.2) is 52.5 Å². The van der Waals surface area contributed by atoms with Crippen molar-refractivity contribution < 1.29 is 9.47 Å². The Morgan fingerprint density at radius 1 is 1.18 bits per heavy atom. The lowest BCUT2D eigenvalue weighted by Crippen LogP contribution is -2.36. The molecule has 0 saturated carbocycles. The van der Waals surface area contributed by atoms with Crippen LogP contribution in [0.15, 0.2) is 30.6 Å². The minimum Gasteiger partial charge on any atom is -0.378 e. The topological polar surface area (TPSA) is 64.8 Å². The summed E-state index contributed by atoms with van der Waals surface area (Å²) in [6.07, 6.45) is 3.72. The van der Waals surface area contributed by atoms with Crippen molar-refractivity contribution in [3.05, 3.63) is 42.0 Å². The van der Waals surface area contributed by atoms with Crippen molar-refractivity contribution in [2.24, 2.45) is 0 Å². The normalized spacial score (nSPS) is 15.4. The highest BCUT2D eigenvalue weighted by Gasteiger charge is 2.23. The van der Waals surface area contributed by atoms with Gasteiger partial charge in [-0.1, -0.05) is 0 Å². The highest BCUT2D eigenvalue weighted by molar-refractivity contribution is 5.75. The molecular weight excluding hydrogens is 354 g/mol. The van der Waals surface area contributed by atoms with Crippen LogP contribution in [0.25, 0.3) is 16.9 Å². The van der Waals surface area contributed by atoms with Crippen LogP contribution in [0.3, 0.4) is 0 Å². The predicted molar refractivity (Wildman–Crippen MR) is 109 cm³/mol. The zero-order valence-electron chi connectivity index (χ0n) is 17.0. The van der Waals surface area contributed by atoms with E-state index in [4.69, 9.17) is 14.5 Å². The van der Waals surface area contributed by atoms with Gasteiger partial charge in [-0.3, -0.25) is 4.98 Å². The number of hydrogen-bond donors (Lipinski definition) is 0. The van der Waals surface area contributed by atoms with E-state index >= 15 is 0 Å². The van der Waals surface area contributed by atoms with Gasteiger partial charge >= 0.3 is 0 Å². The fourth-order valence-electron chi connectivity index (χ4n) is 3.75. The Balaban J connectivity index is 1.74. The fourth-order valence-corrected chi connectivity index (χ4v) is 3.75. The van der Waals surface area contributed by atoms with Gasteiger partial charge in [-0.05, 0) is 45.9 Å². The van der Waals surface area contributed by atoms with Crippen LogP contribution in [-0.2, 0) is 15.1 Å². The molecule has 1 aliphatic rings. The van der Waals surface area contributed by atoms with Gasteiger partial charge in [-0.15, -0.1) is 0 Å². The fraction of sp³-hybridized carbons (Fsp3) is 0.476. The number of aryl methyl sites for hydroxylation is 1. The monoisotopic (exact) mass is 381 g/mol. The van der Waals surface area contributed by atoms with Crippen molar-refractivity contribution in [2.45, 2.75) is 33.3 Å². The zero-order chi connectivity index (χ0) is 19.7. The Kier molecular flexibility index (Phi) is 5.03. The molecule has 148 valence electrons. The third-order valence-corrected chi connectivity index (χ3v) is 5.18. The van der Waals surface area contributed by atoms with Crippen molar-refractivity contribution >= 4 is 11.3 Å². The van der Waals surface area contributed by atoms with Crippen molar-refractivity contribution in [3.8, 4) is 11.3 Å². The Morgan fingerprint density at radius 2 is 1.96 bits per heavy atom. The maximum Gasteiger partial charge on any atom is 0.178 e. The summed E-state index contributed by atoms with van der Waals surface area (Å²) in [5, 5.41) is 4.58. The summed E-state index contributed by atoms with van der Waals surface area (Å²) in [4.78, 5) is 11.8. The number of rotatable bonds is 5. The molecular formula is C21H27N5O2. The maximum atomic E-state index is 5.81. The van der Waals surface area contributed by atoms with Gasteiger partial charge in [0.1, 0.15) is 5.60 Å². The Hall–Kier alpha value is -2.51. The molecule has 4 heterocycles. The average molecular weight is 381 g/mol. The first-order chi connectivity index (χ1) is 13.5. The number of hydrogen-bond acceptors (Lipinski definition) is 6. The number of imidazole rings is 1. The quantitative estimate of drug-likeness (QED) is 0.676. The number of nitrogens with zero attached hydrogens (tertiary/aromatic N) is 5. The van der Waals surface area contributed by atoms with Crippen molar-refractivity contribution in [1.82, 2.24) is 19.6 Å². The maximum absolute atomic E-state index is 5.81. The molecule has 0 bridgehead atoms. The molecule has 7 nitrogen and oxygen atoms in total. The highest BCUT2D eigenvalue weighted by atomic mass is 16.5. The first kappa shape index (κ1) is 18.8. The Labute approximate surface area is 165 Å². The highest BCUT2D eigenvalue weighted by Crippen LogP contribution is 2.30. The van der Waals surface area contributed by atoms with Crippen molar-refractivity contribution in [1.29, 1.82) is 0 Å². The van der Waals surface area contributed by atoms with E-state index in [-0.39, 0.29) is 0 Å². The molecule has 4 rings (SSSR count). The molecule has 28 heavy (non-hydrogen) atoms. The Bertz CT molecular complexity index is 959. The molecule has 0 N–H and O–H groups in total. The summed E-state index contributed by atoms with van der Waals surface area (Å²) in [6, 6.07) is 6.13. The summed E-state index contributed by atoms with van der Waals surface area (Å²) >= 11 is 0. The molecule has 3 aromatic rings. The van der Waals surface area contributed by atoms with Gasteiger partial charge in [0, 0.05) is 31.5 Å². The Morgan fingerprint density at radius 3 is 2.64 bits per heavy atom. The van der Waals surface area contributed by atoms with Gasteiger partial charge in [0.05, 0.1) is 42.2 Å². The van der Waals surface area contributed by atoms with Gasteiger partial charge in [-0.2, -0.15) is 5.10 Å². The largest absolute Gasteiger partial charge is 0.378 e. The number of aromatic nitrogens is 4. The summed E-state index contributed by atoms with van der Waals surface area (Å²) in [5.41, 5.74) is 5.36. The number of ether oxygens (including phenoxy) is 2. The first-order valence-electron chi connectivity index (χ1n) is 9.79. The van der Waals surface area contributed by atoms with Crippen LogP contribution in [0, 0.1) is 6.92 Å². The van der Waals surface area contributed by atoms with Crippen LogP contribution >= 0.6 is 0 Å². The summed E-state index contributed by atoms with van der Waals surface area (Å²) in [7, 11) is 0. The minimum absolute atomic E-state index is 0.413. The second-order valence-electron chi connectivity index (χ2n) is 7.47. The third-order valence-electron chi connectivity index (χ3n) is 5.18. The predicted octanol–water partition coefficient (Wildman–Crippen LogP) is 3.21. The SMILES string of the molecule is CCOC(C)(C)c1ccc(-c2c(C)nc3c(N4CCOCC4)ccnn23)cn1. The van der Waals surface area contributed by atoms with Crippen LogP contribution in [0.2, 0.25) is 0 Å². The lowest BCUT2D eigenvalue weighted by atomic mass is 10.0. The molecule has 0 radical (unpaired) electrons. The van der Waals surface area contributed by atoms with Crippen molar-refractivity contribution in [3.63, 3.8) is 0 Å². The molecule has 1 aliphatic heterocycles. The van der Waals surface area contributed by atoms with Gasteiger partial charge in [0.2, 0.25) is 0 Å². The number of morpholine rings is 1. The first-order valence-corrected chi connectivity index (χ1v) is 9.79. The van der Waals surface area contributed by atoms with Crippen LogP contribution in [0.4, 0.5) is 5.69 Å². The van der Waals surface area contributed by atoms with Gasteiger partial charge in [0.15, 0.2) is 5.65 Å². The molecule has 1 fully saturated rings. The van der Waals surface area contributed by atoms with Gasteiger partial charge < -0.3 is 14.4 Å². The van der Waals surface area contributed by atoms with Gasteiger partial charge in [-0.25, -0.2) is 9.50 Å². The van der Waals surface area contributed by atoms with E-state index in [0.717, 1.165) is 60.3 Å². The second-order valence-corrected chi connectivity index (χ2v) is 7.47. The summed E-state index contributed by atoms with van der Waals surface area (Å²) in [5.74, 6) is 0. The van der Waals surface area contributed by atoms with E-state index in [9.17, 15) is 0 Å². The lowest BCUT2D eigenvalue weighted by molar-refractivity contribution is -0.0172. The third kappa shape index (κ3) is 3.36. The van der Waals surface area contributed by atoms with E-state index in [0.29, 0.717) is 6.61 Å². The van der Waals surface area contributed by atoms with E-state index in [1.54, 1.807) is 0 Å². The van der Waals surface area contributed by atoms with Crippen molar-refractivity contribution in [2.75, 3.05) is 37.8 Å². The molecule has 7 heteroatoms. The summed E-state index contributed by atoms with van der Waals surface area (Å²) < 4.78 is 13.2. The van der Waals surface area contributed by atoms with E-state index < -0.39 is 5.60 Å². The second kappa shape index (κ2) is 7.48. The lowest BCUT2D eigenvalue weighted by Gasteiger charge is -2.28. The van der Waals surface area contributed by atoms with E-state index in [2.05, 4.69) is 21.0 Å². The molecule has 0 atom stereocenters. The molecule has 3 aromatic heterocycles. The van der Waals surface area contributed by atoms with Crippen LogP contribution in [0.5, 0.6) is 0 Å². The van der Waals surface area contributed by atoms with Crippen LogP contribution < -0.4 is 4.90 Å². The number of fused-ring (bicyclic) bond motifs is 1. The molecule has 0 aromatic carbocycles. The number of anilines is 1. The molecule has 0 unspecified atom stereocenters. The molecule has 1 saturated heterocycles. The molecule has 0 aliphatic carbocycles. The van der Waals surface area contributed by atoms with Crippen LogP contribution in [0.1, 0.15) is 32.2 Å². The van der Waals surface area contributed by atoms with E-state index in [1.165, 1.54) is 0 Å².